The van der Waals surface area contributed by atoms with Gasteiger partial charge in [0.25, 0.3) is 5.82 Å². The maximum absolute atomic E-state index is 12.7. The Morgan fingerprint density at radius 2 is 2.00 bits per heavy atom. The van der Waals surface area contributed by atoms with Crippen molar-refractivity contribution in [2.24, 2.45) is 5.73 Å². The van der Waals surface area contributed by atoms with E-state index >= 15 is 0 Å². The molecule has 1 amide bonds. The van der Waals surface area contributed by atoms with Gasteiger partial charge in [-0.2, -0.15) is 17.7 Å². The number of carbonyl (C=O) groups excluding carboxylic acids is 1. The second-order valence-corrected chi connectivity index (χ2v) is 5.16. The molecule has 0 aliphatic heterocycles. The number of nitrogens with one attached hydrogen (secondary N) is 1. The van der Waals surface area contributed by atoms with Crippen molar-refractivity contribution in [3.05, 3.63) is 18.0 Å². The van der Waals surface area contributed by atoms with Gasteiger partial charge >= 0.3 is 6.18 Å². The summed E-state index contributed by atoms with van der Waals surface area (Å²) in [5, 5.41) is 13.1. The molecule has 2 rings (SSSR count). The molecule has 0 saturated heterocycles. The molecule has 0 aliphatic carbocycles. The van der Waals surface area contributed by atoms with Crippen LogP contribution in [0.15, 0.2) is 12.1 Å². The van der Waals surface area contributed by atoms with E-state index in [2.05, 4.69) is 20.6 Å². The van der Waals surface area contributed by atoms with Crippen LogP contribution in [-0.4, -0.2) is 31.3 Å². The minimum atomic E-state index is -4.66. The van der Waals surface area contributed by atoms with Crippen LogP contribution < -0.4 is 11.1 Å². The lowest BCUT2D eigenvalue weighted by Crippen LogP contribution is -2.36. The Morgan fingerprint density at radius 1 is 1.33 bits per heavy atom. The number of anilines is 1. The number of alkyl halides is 3. The van der Waals surface area contributed by atoms with Crippen LogP contribution in [0.4, 0.5) is 19.0 Å². The summed E-state index contributed by atoms with van der Waals surface area (Å²) in [4.78, 5) is 10.9. The summed E-state index contributed by atoms with van der Waals surface area (Å²) < 4.78 is 38.8. The number of fused-ring (bicyclic) bond motifs is 1. The highest BCUT2D eigenvalue weighted by Gasteiger charge is 2.37. The lowest BCUT2D eigenvalue weighted by Gasteiger charge is -2.25. The zero-order chi connectivity index (χ0) is 15.8. The van der Waals surface area contributed by atoms with Gasteiger partial charge in [0.1, 0.15) is 5.82 Å². The lowest BCUT2D eigenvalue weighted by molar-refractivity contribution is -0.146. The van der Waals surface area contributed by atoms with Crippen LogP contribution in [0, 0.1) is 0 Å². The zero-order valence-electron chi connectivity index (χ0n) is 11.3. The highest BCUT2D eigenvalue weighted by atomic mass is 19.4. The normalized spacial score (nSPS) is 12.6. The largest absolute Gasteiger partial charge is 0.453 e. The van der Waals surface area contributed by atoms with Crippen molar-refractivity contribution < 1.29 is 18.0 Å². The molecular formula is C11H13F3N6O. The molecule has 0 aliphatic rings. The molecule has 0 spiro atoms. The van der Waals surface area contributed by atoms with Crippen molar-refractivity contribution in [3.63, 3.8) is 0 Å². The standard InChI is InChI=1S/C11H13F3N6O/c1-10(2,5-6(15)21)16-7-3-4-8-17-18-9(11(12,13)14)20(8)19-7/h3-4H,5H2,1-2H3,(H2,15,21)(H,16,19). The Balaban J connectivity index is 2.36. The van der Waals surface area contributed by atoms with Gasteiger partial charge < -0.3 is 11.1 Å². The molecule has 0 bridgehead atoms. The third kappa shape index (κ3) is 3.38. The van der Waals surface area contributed by atoms with Crippen molar-refractivity contribution in [3.8, 4) is 0 Å². The molecule has 2 heterocycles. The first-order chi connectivity index (χ1) is 9.58. The van der Waals surface area contributed by atoms with Crippen molar-refractivity contribution in [2.45, 2.75) is 32.0 Å². The number of rotatable bonds is 4. The van der Waals surface area contributed by atoms with Crippen LogP contribution in [0.1, 0.15) is 26.1 Å². The topological polar surface area (TPSA) is 98.2 Å². The van der Waals surface area contributed by atoms with Gasteiger partial charge in [-0.15, -0.1) is 15.3 Å². The molecule has 2 aromatic heterocycles. The van der Waals surface area contributed by atoms with Gasteiger partial charge in [-0.05, 0) is 26.0 Å². The van der Waals surface area contributed by atoms with Crippen LogP contribution in [0.5, 0.6) is 0 Å². The predicted octanol–water partition coefficient (Wildman–Crippen LogP) is 1.21. The minimum absolute atomic E-state index is 0.00102. The fourth-order valence-electron chi connectivity index (χ4n) is 1.86. The van der Waals surface area contributed by atoms with E-state index in [0.29, 0.717) is 4.52 Å². The fraction of sp³-hybridized carbons (Fsp3) is 0.455. The third-order valence-electron chi connectivity index (χ3n) is 2.60. The molecule has 0 unspecified atom stereocenters. The van der Waals surface area contributed by atoms with E-state index in [1.54, 1.807) is 13.8 Å². The second-order valence-electron chi connectivity index (χ2n) is 5.16. The molecule has 3 N–H and O–H groups in total. The minimum Gasteiger partial charge on any atom is -0.370 e. The van der Waals surface area contributed by atoms with Crippen LogP contribution in [0.25, 0.3) is 5.65 Å². The molecule has 0 radical (unpaired) electrons. The molecule has 7 nitrogen and oxygen atoms in total. The van der Waals surface area contributed by atoms with Crippen LogP contribution in [0.3, 0.4) is 0 Å². The van der Waals surface area contributed by atoms with Gasteiger partial charge in [-0.25, -0.2) is 0 Å². The first kappa shape index (κ1) is 15.0. The summed E-state index contributed by atoms with van der Waals surface area (Å²) in [5.41, 5.74) is 4.34. The first-order valence-electron chi connectivity index (χ1n) is 5.95. The van der Waals surface area contributed by atoms with E-state index in [1.807, 2.05) is 0 Å². The van der Waals surface area contributed by atoms with E-state index in [0.717, 1.165) is 0 Å². The molecule has 0 aromatic carbocycles. The highest BCUT2D eigenvalue weighted by molar-refractivity contribution is 5.75. The summed E-state index contributed by atoms with van der Waals surface area (Å²) in [5.74, 6) is -1.60. The van der Waals surface area contributed by atoms with E-state index in [1.165, 1.54) is 12.1 Å². The first-order valence-corrected chi connectivity index (χ1v) is 5.95. The smallest absolute Gasteiger partial charge is 0.370 e. The molecule has 0 fully saturated rings. The average Bonchev–Trinajstić information content (AvgIpc) is 2.68. The molecule has 0 atom stereocenters. The summed E-state index contributed by atoms with van der Waals surface area (Å²) in [6.45, 7) is 3.36. The van der Waals surface area contributed by atoms with Gasteiger partial charge in [0.15, 0.2) is 5.65 Å². The predicted molar refractivity (Wildman–Crippen MR) is 67.3 cm³/mol. The van der Waals surface area contributed by atoms with E-state index in [4.69, 9.17) is 5.73 Å². The Bertz CT molecular complexity index is 678. The number of aromatic nitrogens is 4. The molecule has 0 saturated carbocycles. The SMILES string of the molecule is CC(C)(CC(N)=O)Nc1ccc2nnc(C(F)(F)F)n2n1. The van der Waals surface area contributed by atoms with Crippen molar-refractivity contribution in [1.29, 1.82) is 0 Å². The Morgan fingerprint density at radius 3 is 2.57 bits per heavy atom. The lowest BCUT2D eigenvalue weighted by atomic mass is 10.0. The van der Waals surface area contributed by atoms with Crippen LogP contribution in [0.2, 0.25) is 0 Å². The quantitative estimate of drug-likeness (QED) is 0.884. The van der Waals surface area contributed by atoms with Gasteiger partial charge in [0.05, 0.1) is 0 Å². The number of amides is 1. The van der Waals surface area contributed by atoms with Gasteiger partial charge in [0.2, 0.25) is 5.91 Å². The molecule has 10 heteroatoms. The summed E-state index contributed by atoms with van der Waals surface area (Å²) in [6, 6.07) is 2.80. The summed E-state index contributed by atoms with van der Waals surface area (Å²) in [6.07, 6.45) is -4.66. The van der Waals surface area contributed by atoms with Gasteiger partial charge in [-0.3, -0.25) is 4.79 Å². The van der Waals surface area contributed by atoms with E-state index in [9.17, 15) is 18.0 Å². The number of hydrogen-bond donors (Lipinski definition) is 2. The second kappa shape index (κ2) is 4.86. The highest BCUT2D eigenvalue weighted by Crippen LogP contribution is 2.27. The number of nitrogens with zero attached hydrogens (tertiary/aromatic N) is 4. The van der Waals surface area contributed by atoms with Crippen molar-refractivity contribution >= 4 is 17.4 Å². The Hall–Kier alpha value is -2.39. The molecular weight excluding hydrogens is 289 g/mol. The van der Waals surface area contributed by atoms with Crippen LogP contribution in [-0.2, 0) is 11.0 Å². The molecule has 21 heavy (non-hydrogen) atoms. The number of nitrogens with two attached hydrogens (primary N) is 1. The summed E-state index contributed by atoms with van der Waals surface area (Å²) in [7, 11) is 0. The van der Waals surface area contributed by atoms with Crippen LogP contribution >= 0.6 is 0 Å². The number of halogens is 3. The average molecular weight is 302 g/mol. The maximum Gasteiger partial charge on any atom is 0.453 e. The van der Waals surface area contributed by atoms with Crippen molar-refractivity contribution in [1.82, 2.24) is 19.8 Å². The molecule has 114 valence electrons. The Kier molecular flexibility index (Phi) is 3.47. The fourth-order valence-corrected chi connectivity index (χ4v) is 1.86. The summed E-state index contributed by atoms with van der Waals surface area (Å²) >= 11 is 0. The van der Waals surface area contributed by atoms with E-state index in [-0.39, 0.29) is 17.9 Å². The van der Waals surface area contributed by atoms with Gasteiger partial charge in [-0.1, -0.05) is 0 Å². The van der Waals surface area contributed by atoms with E-state index < -0.39 is 23.4 Å². The zero-order valence-corrected chi connectivity index (χ0v) is 11.3. The molecule has 2 aromatic rings. The maximum atomic E-state index is 12.7. The third-order valence-corrected chi connectivity index (χ3v) is 2.60. The number of primary amides is 1. The van der Waals surface area contributed by atoms with Gasteiger partial charge in [0, 0.05) is 12.0 Å². The monoisotopic (exact) mass is 302 g/mol. The van der Waals surface area contributed by atoms with Crippen molar-refractivity contribution in [2.75, 3.05) is 5.32 Å². The Labute approximate surface area is 117 Å². The number of carbonyl (C=O) groups is 1. The number of hydrogen-bond acceptors (Lipinski definition) is 5.